The van der Waals surface area contributed by atoms with Gasteiger partial charge in [0, 0.05) is 11.8 Å². The minimum absolute atomic E-state index is 0.0593. The molecule has 0 heterocycles. The third-order valence-corrected chi connectivity index (χ3v) is 16.7. The maximum absolute atomic E-state index is 14.0. The molecule has 5 nitrogen and oxygen atoms in total. The molecule has 1 aromatic carbocycles. The van der Waals surface area contributed by atoms with E-state index in [2.05, 4.69) is 78.8 Å². The van der Waals surface area contributed by atoms with Crippen molar-refractivity contribution in [3.63, 3.8) is 0 Å². The number of allylic oxidation sites excluding steroid dienone is 2. The van der Waals surface area contributed by atoms with Gasteiger partial charge >= 0.3 is 11.9 Å². The van der Waals surface area contributed by atoms with Gasteiger partial charge in [-0.3, -0.25) is 14.4 Å². The van der Waals surface area contributed by atoms with Gasteiger partial charge in [0.15, 0.2) is 5.78 Å². The fourth-order valence-electron chi connectivity index (χ4n) is 13.7. The molecule has 0 bridgehead atoms. The van der Waals surface area contributed by atoms with Crippen molar-refractivity contribution in [2.45, 2.75) is 171 Å². The van der Waals surface area contributed by atoms with Crippen LogP contribution in [0.15, 0.2) is 41.5 Å². The van der Waals surface area contributed by atoms with Crippen molar-refractivity contribution in [3.8, 4) is 0 Å². The van der Waals surface area contributed by atoms with Gasteiger partial charge in [-0.15, -0.1) is 0 Å². The van der Waals surface area contributed by atoms with E-state index in [0.717, 1.165) is 38.5 Å². The SMILES string of the molecule is CC(C)C1=C2[C@H]3CC[C@@H]4[C@@]5(C)CC[C@H](OC(=O)CC(C)(C)C(=O)O)C(C)(C)[C@@H]5CC[C@@]4(C)[C@]3(C)CC[C@@]2(CCCCCCc2ccccc2)CC1=O. The van der Waals surface area contributed by atoms with Gasteiger partial charge in [-0.1, -0.05) is 104 Å². The maximum atomic E-state index is 14.0. The van der Waals surface area contributed by atoms with Gasteiger partial charge in [-0.25, -0.2) is 0 Å². The number of aryl methyl sites for hydroxylation is 1. The first-order valence-corrected chi connectivity index (χ1v) is 21.1. The molecule has 1 aromatic rings. The van der Waals surface area contributed by atoms with E-state index in [1.54, 1.807) is 19.4 Å². The number of hydrogen-bond donors (Lipinski definition) is 1. The number of ether oxygens (including phenoxy) is 1. The van der Waals surface area contributed by atoms with E-state index in [-0.39, 0.29) is 51.5 Å². The summed E-state index contributed by atoms with van der Waals surface area (Å²) in [5.74, 6) is 0.857. The quantitative estimate of drug-likeness (QED) is 0.172. The van der Waals surface area contributed by atoms with Gasteiger partial charge < -0.3 is 9.84 Å². The van der Waals surface area contributed by atoms with Crippen LogP contribution < -0.4 is 0 Å². The van der Waals surface area contributed by atoms with Crippen LogP contribution in [0.5, 0.6) is 0 Å². The monoisotopic (exact) mass is 715 g/mol. The zero-order chi connectivity index (χ0) is 37.9. The maximum Gasteiger partial charge on any atom is 0.309 e. The first kappa shape index (κ1) is 39.3. The molecule has 0 saturated heterocycles. The molecule has 4 saturated carbocycles. The van der Waals surface area contributed by atoms with Crippen LogP contribution in [0.4, 0.5) is 0 Å². The summed E-state index contributed by atoms with van der Waals surface area (Å²) in [5, 5.41) is 9.62. The van der Waals surface area contributed by atoms with E-state index in [0.29, 0.717) is 23.5 Å². The Balaban J connectivity index is 1.20. The Hall–Kier alpha value is -2.43. The first-order chi connectivity index (χ1) is 24.3. The number of Topliss-reactive ketones (excluding diaryl/α,β-unsaturated/α-hetero) is 1. The highest BCUT2D eigenvalue weighted by Crippen LogP contribution is 2.77. The normalized spacial score (nSPS) is 36.8. The van der Waals surface area contributed by atoms with E-state index < -0.39 is 11.4 Å². The van der Waals surface area contributed by atoms with E-state index in [4.69, 9.17) is 4.74 Å². The molecule has 288 valence electrons. The highest BCUT2D eigenvalue weighted by Gasteiger charge is 2.70. The van der Waals surface area contributed by atoms with Gasteiger partial charge in [-0.2, -0.15) is 0 Å². The van der Waals surface area contributed by atoms with Crippen LogP contribution in [0, 0.1) is 56.2 Å². The highest BCUT2D eigenvalue weighted by molar-refractivity contribution is 6.00. The lowest BCUT2D eigenvalue weighted by atomic mass is 9.33. The molecule has 5 aliphatic carbocycles. The molecule has 0 radical (unpaired) electrons. The summed E-state index contributed by atoms with van der Waals surface area (Å²) in [5.41, 5.74) is 3.45. The van der Waals surface area contributed by atoms with Crippen molar-refractivity contribution in [2.24, 2.45) is 56.2 Å². The highest BCUT2D eigenvalue weighted by atomic mass is 16.5. The molecule has 0 aliphatic heterocycles. The molecule has 0 spiro atoms. The number of benzene rings is 1. The van der Waals surface area contributed by atoms with Gasteiger partial charge in [0.1, 0.15) is 6.10 Å². The van der Waals surface area contributed by atoms with Crippen molar-refractivity contribution >= 4 is 17.7 Å². The van der Waals surface area contributed by atoms with Crippen molar-refractivity contribution < 1.29 is 24.2 Å². The fraction of sp³-hybridized carbons (Fsp3) is 0.766. The lowest BCUT2D eigenvalue weighted by molar-refractivity contribution is -0.233. The van der Waals surface area contributed by atoms with E-state index in [9.17, 15) is 19.5 Å². The zero-order valence-electron chi connectivity index (χ0n) is 34.2. The van der Waals surface area contributed by atoms with Crippen molar-refractivity contribution in [1.82, 2.24) is 0 Å². The second kappa shape index (κ2) is 14.0. The van der Waals surface area contributed by atoms with Gasteiger partial charge in [0.2, 0.25) is 0 Å². The number of ketones is 1. The number of carboxylic acids is 1. The molecule has 6 rings (SSSR count). The molecule has 8 atom stereocenters. The molecule has 0 amide bonds. The summed E-state index contributed by atoms with van der Waals surface area (Å²) in [6.45, 7) is 20.2. The molecule has 5 heteroatoms. The molecular formula is C47H70O5. The molecular weight excluding hydrogens is 645 g/mol. The Kier molecular flexibility index (Phi) is 10.6. The average Bonchev–Trinajstić information content (AvgIpc) is 3.36. The number of carboxylic acid groups (broad SMARTS) is 1. The van der Waals surface area contributed by atoms with Crippen LogP contribution in [0.2, 0.25) is 0 Å². The third-order valence-electron chi connectivity index (χ3n) is 16.7. The number of aliphatic carboxylic acids is 1. The van der Waals surface area contributed by atoms with Crippen LogP contribution in [-0.4, -0.2) is 28.9 Å². The summed E-state index contributed by atoms with van der Waals surface area (Å²) in [6, 6.07) is 10.9. The Morgan fingerprint density at radius 2 is 1.54 bits per heavy atom. The minimum Gasteiger partial charge on any atom is -0.481 e. The van der Waals surface area contributed by atoms with Crippen molar-refractivity contribution in [1.29, 1.82) is 0 Å². The van der Waals surface area contributed by atoms with Crippen LogP contribution in [0.1, 0.15) is 164 Å². The second-order valence-electron chi connectivity index (χ2n) is 20.6. The van der Waals surface area contributed by atoms with E-state index in [1.165, 1.54) is 68.9 Å². The molecule has 52 heavy (non-hydrogen) atoms. The fourth-order valence-corrected chi connectivity index (χ4v) is 13.7. The average molecular weight is 715 g/mol. The zero-order valence-corrected chi connectivity index (χ0v) is 34.2. The van der Waals surface area contributed by atoms with Crippen LogP contribution >= 0.6 is 0 Å². The predicted molar refractivity (Wildman–Crippen MR) is 209 cm³/mol. The summed E-state index contributed by atoms with van der Waals surface area (Å²) in [4.78, 5) is 38.9. The van der Waals surface area contributed by atoms with E-state index in [1.807, 2.05) is 0 Å². The summed E-state index contributed by atoms with van der Waals surface area (Å²) in [7, 11) is 0. The Bertz CT molecular complexity index is 1550. The largest absolute Gasteiger partial charge is 0.481 e. The molecule has 0 unspecified atom stereocenters. The Morgan fingerprint density at radius 3 is 2.21 bits per heavy atom. The lowest BCUT2D eigenvalue weighted by Gasteiger charge is -2.72. The number of fused-ring (bicyclic) bond motifs is 7. The number of carbonyl (C=O) groups is 3. The van der Waals surface area contributed by atoms with Crippen LogP contribution in [0.25, 0.3) is 0 Å². The summed E-state index contributed by atoms with van der Waals surface area (Å²) in [6.07, 6.45) is 16.6. The number of esters is 1. The number of carbonyl (C=O) groups excluding carboxylic acids is 2. The van der Waals surface area contributed by atoms with E-state index >= 15 is 0 Å². The smallest absolute Gasteiger partial charge is 0.309 e. The predicted octanol–water partition coefficient (Wildman–Crippen LogP) is 11.6. The van der Waals surface area contributed by atoms with Crippen molar-refractivity contribution in [3.05, 3.63) is 47.0 Å². The van der Waals surface area contributed by atoms with Gasteiger partial charge in [0.25, 0.3) is 0 Å². The number of rotatable bonds is 12. The Morgan fingerprint density at radius 1 is 0.846 bits per heavy atom. The number of unbranched alkanes of at least 4 members (excludes halogenated alkanes) is 3. The second-order valence-corrected chi connectivity index (χ2v) is 20.6. The molecule has 1 N–H and O–H groups in total. The van der Waals surface area contributed by atoms with Gasteiger partial charge in [-0.05, 0) is 141 Å². The third kappa shape index (κ3) is 6.44. The first-order valence-electron chi connectivity index (χ1n) is 21.1. The Labute approximate surface area is 315 Å². The van der Waals surface area contributed by atoms with Crippen LogP contribution in [-0.2, 0) is 25.5 Å². The topological polar surface area (TPSA) is 80.7 Å². The minimum atomic E-state index is -1.14. The van der Waals surface area contributed by atoms with Gasteiger partial charge in [0.05, 0.1) is 11.8 Å². The molecule has 4 fully saturated rings. The lowest BCUT2D eigenvalue weighted by Crippen LogP contribution is -2.65. The molecule has 5 aliphatic rings. The summed E-state index contributed by atoms with van der Waals surface area (Å²) >= 11 is 0. The standard InChI is InChI=1S/C47H70O5/c1-31(2)39-34(48)29-47(24-16-11-10-13-17-32-18-14-12-15-19-32)28-27-45(8)33(40(39)47)20-21-36-44(7)25-23-37(52-38(49)30-42(3,4)41(50)51)43(5,6)35(44)22-26-46(36,45)9/h12,14-15,18-19,31,33,35-37H,10-11,13,16-17,20-30H2,1-9H3,(H,50,51)/t33-,35+,36-,37+,44+,45-,46-,47+/m1/s1. The summed E-state index contributed by atoms with van der Waals surface area (Å²) < 4.78 is 6.19. The number of hydrogen-bond acceptors (Lipinski definition) is 4. The molecule has 0 aromatic heterocycles. The van der Waals surface area contributed by atoms with Crippen molar-refractivity contribution in [2.75, 3.05) is 0 Å². The van der Waals surface area contributed by atoms with Crippen LogP contribution in [0.3, 0.4) is 0 Å².